The van der Waals surface area contributed by atoms with Crippen molar-refractivity contribution >= 4 is 5.96 Å². The first-order valence-electron chi connectivity index (χ1n) is 10.6. The predicted molar refractivity (Wildman–Crippen MR) is 115 cm³/mol. The largest absolute Gasteiger partial charge is 0.357 e. The highest BCUT2D eigenvalue weighted by molar-refractivity contribution is 5.79. The highest BCUT2D eigenvalue weighted by Crippen LogP contribution is 2.41. The van der Waals surface area contributed by atoms with Crippen LogP contribution < -0.4 is 10.6 Å². The van der Waals surface area contributed by atoms with Gasteiger partial charge in [-0.15, -0.1) is 10.2 Å². The minimum Gasteiger partial charge on any atom is -0.357 e. The fourth-order valence-electron chi connectivity index (χ4n) is 4.17. The van der Waals surface area contributed by atoms with Crippen molar-refractivity contribution in [3.8, 4) is 0 Å². The third kappa shape index (κ3) is 4.91. The quantitative estimate of drug-likeness (QED) is 0.543. The number of hydrogen-bond acceptors (Lipinski definition) is 3. The van der Waals surface area contributed by atoms with E-state index in [-0.39, 0.29) is 5.41 Å². The van der Waals surface area contributed by atoms with Crippen LogP contribution in [-0.2, 0) is 18.4 Å². The smallest absolute Gasteiger partial charge is 0.191 e. The van der Waals surface area contributed by atoms with Gasteiger partial charge in [-0.2, -0.15) is 0 Å². The number of hydrogen-bond donors (Lipinski definition) is 2. The molecule has 1 saturated carbocycles. The molecule has 1 aromatic carbocycles. The molecule has 1 aliphatic carbocycles. The van der Waals surface area contributed by atoms with Crippen LogP contribution in [0.25, 0.3) is 0 Å². The van der Waals surface area contributed by atoms with Crippen molar-refractivity contribution in [2.45, 2.75) is 64.8 Å². The summed E-state index contributed by atoms with van der Waals surface area (Å²) in [6.07, 6.45) is 7.73. The van der Waals surface area contributed by atoms with E-state index in [1.54, 1.807) is 6.33 Å². The zero-order valence-electron chi connectivity index (χ0n) is 17.5. The SMILES string of the molecule is CCNC(=NCC1(c2cccc(C)c2)CCCC1)NCCn1cnnc1CC. The fourth-order valence-corrected chi connectivity index (χ4v) is 4.17. The first kappa shape index (κ1) is 20.4. The summed E-state index contributed by atoms with van der Waals surface area (Å²) < 4.78 is 2.10. The second-order valence-corrected chi connectivity index (χ2v) is 7.77. The van der Waals surface area contributed by atoms with Crippen molar-refractivity contribution in [1.82, 2.24) is 25.4 Å². The molecule has 0 amide bonds. The van der Waals surface area contributed by atoms with E-state index in [2.05, 4.69) is 70.4 Å². The van der Waals surface area contributed by atoms with Gasteiger partial charge in [0.25, 0.3) is 0 Å². The van der Waals surface area contributed by atoms with Gasteiger partial charge in [0.1, 0.15) is 12.2 Å². The lowest BCUT2D eigenvalue weighted by atomic mass is 9.78. The molecule has 0 saturated heterocycles. The normalized spacial score (nSPS) is 16.3. The minimum atomic E-state index is 0.179. The van der Waals surface area contributed by atoms with Crippen molar-refractivity contribution in [3.05, 3.63) is 47.5 Å². The maximum atomic E-state index is 4.99. The first-order valence-corrected chi connectivity index (χ1v) is 10.6. The van der Waals surface area contributed by atoms with E-state index in [0.29, 0.717) is 0 Å². The van der Waals surface area contributed by atoms with Gasteiger partial charge in [-0.1, -0.05) is 49.6 Å². The Bertz CT molecular complexity index is 773. The zero-order chi connectivity index (χ0) is 19.8. The molecule has 1 aliphatic rings. The van der Waals surface area contributed by atoms with E-state index < -0.39 is 0 Å². The molecule has 2 aromatic rings. The second kappa shape index (κ2) is 9.71. The van der Waals surface area contributed by atoms with Gasteiger partial charge in [-0.25, -0.2) is 0 Å². The predicted octanol–water partition coefficient (Wildman–Crippen LogP) is 3.22. The molecule has 0 spiro atoms. The summed E-state index contributed by atoms with van der Waals surface area (Å²) in [7, 11) is 0. The van der Waals surface area contributed by atoms with E-state index in [1.807, 2.05) is 0 Å². The summed E-state index contributed by atoms with van der Waals surface area (Å²) in [5.74, 6) is 1.92. The maximum absolute atomic E-state index is 4.99. The van der Waals surface area contributed by atoms with Crippen LogP contribution in [0.3, 0.4) is 0 Å². The average Bonchev–Trinajstić information content (AvgIpc) is 3.36. The summed E-state index contributed by atoms with van der Waals surface area (Å²) in [4.78, 5) is 4.99. The van der Waals surface area contributed by atoms with Crippen LogP contribution >= 0.6 is 0 Å². The van der Waals surface area contributed by atoms with Gasteiger partial charge in [-0.3, -0.25) is 4.99 Å². The lowest BCUT2D eigenvalue weighted by Gasteiger charge is -2.28. The number of aryl methyl sites for hydroxylation is 2. The monoisotopic (exact) mass is 382 g/mol. The number of guanidine groups is 1. The zero-order valence-corrected chi connectivity index (χ0v) is 17.5. The van der Waals surface area contributed by atoms with Crippen molar-refractivity contribution in [2.24, 2.45) is 4.99 Å². The van der Waals surface area contributed by atoms with Gasteiger partial charge < -0.3 is 15.2 Å². The highest BCUT2D eigenvalue weighted by Gasteiger charge is 2.35. The molecule has 0 atom stereocenters. The maximum Gasteiger partial charge on any atom is 0.191 e. The van der Waals surface area contributed by atoms with Crippen LogP contribution in [0.4, 0.5) is 0 Å². The van der Waals surface area contributed by atoms with Gasteiger partial charge in [0.05, 0.1) is 6.54 Å². The molecule has 152 valence electrons. The van der Waals surface area contributed by atoms with Crippen molar-refractivity contribution in [3.63, 3.8) is 0 Å². The van der Waals surface area contributed by atoms with Crippen LogP contribution in [0.5, 0.6) is 0 Å². The number of nitrogens with zero attached hydrogens (tertiary/aromatic N) is 4. The van der Waals surface area contributed by atoms with Crippen LogP contribution in [-0.4, -0.2) is 40.4 Å². The Balaban J connectivity index is 1.66. The van der Waals surface area contributed by atoms with Gasteiger partial charge in [0.2, 0.25) is 0 Å². The Kier molecular flexibility index (Phi) is 7.06. The Morgan fingerprint density at radius 3 is 2.75 bits per heavy atom. The Morgan fingerprint density at radius 2 is 2.04 bits per heavy atom. The summed E-state index contributed by atoms with van der Waals surface area (Å²) >= 11 is 0. The van der Waals surface area contributed by atoms with Crippen LogP contribution in [0.2, 0.25) is 0 Å². The van der Waals surface area contributed by atoms with Gasteiger partial charge in [0.15, 0.2) is 5.96 Å². The van der Waals surface area contributed by atoms with E-state index in [9.17, 15) is 0 Å². The fraction of sp³-hybridized carbons (Fsp3) is 0.591. The number of aromatic nitrogens is 3. The summed E-state index contributed by atoms with van der Waals surface area (Å²) in [6, 6.07) is 8.99. The number of benzene rings is 1. The Hall–Kier alpha value is -2.37. The molecule has 6 nitrogen and oxygen atoms in total. The molecule has 0 radical (unpaired) electrons. The second-order valence-electron chi connectivity index (χ2n) is 7.77. The third-order valence-corrected chi connectivity index (χ3v) is 5.73. The summed E-state index contributed by atoms with van der Waals surface area (Å²) in [6.45, 7) is 9.72. The minimum absolute atomic E-state index is 0.179. The molecular weight excluding hydrogens is 348 g/mol. The van der Waals surface area contributed by atoms with Crippen LogP contribution in [0.1, 0.15) is 56.5 Å². The van der Waals surface area contributed by atoms with E-state index in [0.717, 1.165) is 44.4 Å². The number of rotatable bonds is 8. The molecule has 3 rings (SSSR count). The molecule has 1 aromatic heterocycles. The summed E-state index contributed by atoms with van der Waals surface area (Å²) in [5, 5.41) is 15.0. The lowest BCUT2D eigenvalue weighted by molar-refractivity contribution is 0.452. The Labute approximate surface area is 168 Å². The summed E-state index contributed by atoms with van der Waals surface area (Å²) in [5.41, 5.74) is 2.96. The van der Waals surface area contributed by atoms with Crippen molar-refractivity contribution in [2.75, 3.05) is 19.6 Å². The molecule has 0 bridgehead atoms. The van der Waals surface area contributed by atoms with Crippen molar-refractivity contribution in [1.29, 1.82) is 0 Å². The van der Waals surface area contributed by atoms with Gasteiger partial charge in [0, 0.05) is 31.5 Å². The molecule has 1 heterocycles. The lowest BCUT2D eigenvalue weighted by Crippen LogP contribution is -2.40. The molecule has 0 unspecified atom stereocenters. The topological polar surface area (TPSA) is 67.1 Å². The number of nitrogens with one attached hydrogen (secondary N) is 2. The first-order chi connectivity index (χ1) is 13.7. The van der Waals surface area contributed by atoms with E-state index in [1.165, 1.54) is 36.8 Å². The molecule has 28 heavy (non-hydrogen) atoms. The molecule has 6 heteroatoms. The van der Waals surface area contributed by atoms with E-state index in [4.69, 9.17) is 4.99 Å². The van der Waals surface area contributed by atoms with Crippen LogP contribution in [0, 0.1) is 6.92 Å². The Morgan fingerprint density at radius 1 is 1.21 bits per heavy atom. The molecule has 0 aliphatic heterocycles. The molecule has 1 fully saturated rings. The highest BCUT2D eigenvalue weighted by atomic mass is 15.3. The number of aliphatic imine (C=N–C) groups is 1. The van der Waals surface area contributed by atoms with Gasteiger partial charge in [-0.05, 0) is 32.3 Å². The van der Waals surface area contributed by atoms with Gasteiger partial charge >= 0.3 is 0 Å². The van der Waals surface area contributed by atoms with Crippen LogP contribution in [0.15, 0.2) is 35.6 Å². The molecular formula is C22H34N6. The molecule has 2 N–H and O–H groups in total. The third-order valence-electron chi connectivity index (χ3n) is 5.73. The standard InChI is InChI=1S/C22H34N6/c1-4-20-27-26-17-28(20)14-13-24-21(23-5-2)25-16-22(11-6-7-12-22)19-10-8-9-18(3)15-19/h8-10,15,17H,4-7,11-14,16H2,1-3H3,(H2,23,24,25). The average molecular weight is 383 g/mol. The van der Waals surface area contributed by atoms with E-state index >= 15 is 0 Å². The van der Waals surface area contributed by atoms with Crippen molar-refractivity contribution < 1.29 is 0 Å².